The number of hydrogen-bond donors (Lipinski definition) is 0. The highest BCUT2D eigenvalue weighted by Crippen LogP contribution is 2.19. The number of nitriles is 1. The van der Waals surface area contributed by atoms with Gasteiger partial charge >= 0.3 is 0 Å². The van der Waals surface area contributed by atoms with Crippen LogP contribution < -0.4 is 4.90 Å². The van der Waals surface area contributed by atoms with E-state index in [9.17, 15) is 14.9 Å². The monoisotopic (exact) mass is 370 g/mol. The molecule has 2 amide bonds. The van der Waals surface area contributed by atoms with Crippen molar-refractivity contribution >= 4 is 17.6 Å². The predicted molar refractivity (Wildman–Crippen MR) is 101 cm³/mol. The van der Waals surface area contributed by atoms with Crippen LogP contribution in [0.15, 0.2) is 18.3 Å². The fraction of sp³-hybridized carbons (Fsp3) is 0.579. The van der Waals surface area contributed by atoms with Crippen molar-refractivity contribution in [3.8, 4) is 6.07 Å². The molecule has 1 aromatic heterocycles. The zero-order chi connectivity index (χ0) is 19.4. The van der Waals surface area contributed by atoms with Crippen molar-refractivity contribution in [1.29, 1.82) is 5.26 Å². The van der Waals surface area contributed by atoms with Crippen molar-refractivity contribution in [2.24, 2.45) is 0 Å². The first kappa shape index (κ1) is 19.1. The van der Waals surface area contributed by atoms with Gasteiger partial charge in [-0.15, -0.1) is 0 Å². The van der Waals surface area contributed by atoms with Gasteiger partial charge in [-0.3, -0.25) is 14.5 Å². The number of rotatable bonds is 3. The summed E-state index contributed by atoms with van der Waals surface area (Å²) in [6.45, 7) is 8.92. The first-order valence-corrected chi connectivity index (χ1v) is 9.39. The molecule has 0 N–H and O–H groups in total. The van der Waals surface area contributed by atoms with Crippen molar-refractivity contribution in [2.75, 3.05) is 57.3 Å². The van der Waals surface area contributed by atoms with E-state index in [2.05, 4.69) is 20.9 Å². The fourth-order valence-electron chi connectivity index (χ4n) is 3.72. The number of hydrogen-bond acceptors (Lipinski definition) is 6. The van der Waals surface area contributed by atoms with Gasteiger partial charge in [-0.25, -0.2) is 4.98 Å². The summed E-state index contributed by atoms with van der Waals surface area (Å²) in [5, 5.41) is 9.26. The molecular weight excluding hydrogens is 344 g/mol. The van der Waals surface area contributed by atoms with Crippen LogP contribution in [0.2, 0.25) is 0 Å². The van der Waals surface area contributed by atoms with Crippen molar-refractivity contribution in [1.82, 2.24) is 19.7 Å². The molecule has 2 aliphatic rings. The molecule has 144 valence electrons. The summed E-state index contributed by atoms with van der Waals surface area (Å²) >= 11 is 0. The molecule has 8 nitrogen and oxygen atoms in total. The molecular formula is C19H26N6O2. The highest BCUT2D eigenvalue weighted by Gasteiger charge is 2.31. The number of anilines is 1. The smallest absolute Gasteiger partial charge is 0.239 e. The van der Waals surface area contributed by atoms with Gasteiger partial charge in [0, 0.05) is 65.5 Å². The molecule has 1 aromatic rings. The Kier molecular flexibility index (Phi) is 5.91. The summed E-state index contributed by atoms with van der Waals surface area (Å²) in [7, 11) is 0. The first-order chi connectivity index (χ1) is 13.0. The number of nitrogens with zero attached hydrogens (tertiary/aromatic N) is 6. The molecule has 3 heterocycles. The molecule has 0 bridgehead atoms. The van der Waals surface area contributed by atoms with E-state index >= 15 is 0 Å². The van der Waals surface area contributed by atoms with Crippen molar-refractivity contribution in [3.63, 3.8) is 0 Å². The summed E-state index contributed by atoms with van der Waals surface area (Å²) in [6, 6.07) is 5.56. The molecule has 27 heavy (non-hydrogen) atoms. The zero-order valence-electron chi connectivity index (χ0n) is 16.0. The van der Waals surface area contributed by atoms with Crippen LogP contribution in [0, 0.1) is 11.3 Å². The van der Waals surface area contributed by atoms with E-state index in [-0.39, 0.29) is 17.9 Å². The Morgan fingerprint density at radius 1 is 1.07 bits per heavy atom. The third-order valence-corrected chi connectivity index (χ3v) is 5.46. The highest BCUT2D eigenvalue weighted by molar-refractivity contribution is 5.82. The maximum Gasteiger partial charge on any atom is 0.239 e. The quantitative estimate of drug-likeness (QED) is 0.753. The molecule has 0 spiro atoms. The van der Waals surface area contributed by atoms with Gasteiger partial charge < -0.3 is 14.7 Å². The van der Waals surface area contributed by atoms with Gasteiger partial charge in [0.2, 0.25) is 11.8 Å². The second-order valence-corrected chi connectivity index (χ2v) is 7.02. The molecule has 2 saturated heterocycles. The lowest BCUT2D eigenvalue weighted by molar-refractivity contribution is -0.142. The van der Waals surface area contributed by atoms with E-state index < -0.39 is 0 Å². The number of carbonyl (C=O) groups is 2. The summed E-state index contributed by atoms with van der Waals surface area (Å²) in [4.78, 5) is 36.6. The maximum atomic E-state index is 12.8. The Bertz CT molecular complexity index is 730. The van der Waals surface area contributed by atoms with Crippen molar-refractivity contribution in [2.45, 2.75) is 19.9 Å². The lowest BCUT2D eigenvalue weighted by Gasteiger charge is -2.41. The Morgan fingerprint density at radius 3 is 2.30 bits per heavy atom. The van der Waals surface area contributed by atoms with Crippen LogP contribution in [0.25, 0.3) is 0 Å². The Morgan fingerprint density at radius 2 is 1.70 bits per heavy atom. The minimum absolute atomic E-state index is 0.0672. The summed E-state index contributed by atoms with van der Waals surface area (Å²) < 4.78 is 0. The number of carbonyl (C=O) groups excluding carboxylic acids is 2. The van der Waals surface area contributed by atoms with Crippen LogP contribution >= 0.6 is 0 Å². The minimum Gasteiger partial charge on any atom is -0.353 e. The predicted octanol–water partition coefficient (Wildman–Crippen LogP) is 0.154. The third-order valence-electron chi connectivity index (χ3n) is 5.46. The summed E-state index contributed by atoms with van der Waals surface area (Å²) in [5.74, 6) is 0.915. The lowest BCUT2D eigenvalue weighted by Crippen LogP contribution is -2.58. The first-order valence-electron chi connectivity index (χ1n) is 9.39. The Labute approximate surface area is 160 Å². The van der Waals surface area contributed by atoms with Crippen LogP contribution in [-0.2, 0) is 9.59 Å². The normalized spacial score (nSPS) is 19.5. The van der Waals surface area contributed by atoms with Crippen LogP contribution in [0.4, 0.5) is 5.82 Å². The van der Waals surface area contributed by atoms with Crippen molar-refractivity contribution in [3.05, 3.63) is 23.9 Å². The zero-order valence-corrected chi connectivity index (χ0v) is 16.0. The fourth-order valence-corrected chi connectivity index (χ4v) is 3.72. The van der Waals surface area contributed by atoms with E-state index in [1.54, 1.807) is 30.2 Å². The second kappa shape index (κ2) is 8.35. The molecule has 3 rings (SSSR count). The van der Waals surface area contributed by atoms with Gasteiger partial charge in [0.25, 0.3) is 0 Å². The number of amides is 2. The third kappa shape index (κ3) is 4.19. The van der Waals surface area contributed by atoms with E-state index in [0.717, 1.165) is 32.0 Å². The molecule has 2 aliphatic heterocycles. The van der Waals surface area contributed by atoms with E-state index in [0.29, 0.717) is 31.7 Å². The Hall–Kier alpha value is -2.66. The van der Waals surface area contributed by atoms with Gasteiger partial charge in [-0.2, -0.15) is 5.26 Å². The van der Waals surface area contributed by atoms with E-state index in [1.165, 1.54) is 0 Å². The summed E-state index contributed by atoms with van der Waals surface area (Å²) in [5.41, 5.74) is 0.582. The maximum absolute atomic E-state index is 12.8. The number of aromatic nitrogens is 1. The molecule has 1 atom stereocenters. The van der Waals surface area contributed by atoms with Crippen LogP contribution in [-0.4, -0.2) is 89.9 Å². The van der Waals surface area contributed by atoms with Gasteiger partial charge in [0.1, 0.15) is 11.9 Å². The van der Waals surface area contributed by atoms with Gasteiger partial charge in [0.05, 0.1) is 11.6 Å². The van der Waals surface area contributed by atoms with Crippen LogP contribution in [0.5, 0.6) is 0 Å². The number of piperazine rings is 2. The number of pyridine rings is 1. The molecule has 0 aromatic carbocycles. The highest BCUT2D eigenvalue weighted by atomic mass is 16.2. The molecule has 0 aliphatic carbocycles. The summed E-state index contributed by atoms with van der Waals surface area (Å²) in [6.07, 6.45) is 1.70. The van der Waals surface area contributed by atoms with Crippen LogP contribution in [0.1, 0.15) is 19.4 Å². The van der Waals surface area contributed by atoms with Crippen LogP contribution in [0.3, 0.4) is 0 Å². The SMILES string of the molecule is CC(=O)N1CCN(C(=O)C(C)N2CCN(c3ncccc3C#N)CC2)CC1. The van der Waals surface area contributed by atoms with Gasteiger partial charge in [-0.05, 0) is 19.1 Å². The standard InChI is InChI=1S/C19H26N6O2/c1-15(19(27)25-12-8-23(9-13-25)16(2)26)22-6-10-24(11-7-22)18-17(14-20)4-3-5-21-18/h3-5,15H,6-13H2,1-2H3. The average Bonchev–Trinajstić information content (AvgIpc) is 2.72. The molecule has 0 saturated carbocycles. The lowest BCUT2D eigenvalue weighted by atomic mass is 10.1. The molecule has 8 heteroatoms. The molecule has 0 radical (unpaired) electrons. The molecule has 2 fully saturated rings. The van der Waals surface area contributed by atoms with Gasteiger partial charge in [-0.1, -0.05) is 0 Å². The minimum atomic E-state index is -0.185. The largest absolute Gasteiger partial charge is 0.353 e. The van der Waals surface area contributed by atoms with Gasteiger partial charge in [0.15, 0.2) is 0 Å². The van der Waals surface area contributed by atoms with Crippen molar-refractivity contribution < 1.29 is 9.59 Å². The van der Waals surface area contributed by atoms with E-state index in [4.69, 9.17) is 0 Å². The molecule has 1 unspecified atom stereocenters. The van der Waals surface area contributed by atoms with E-state index in [1.807, 2.05) is 11.8 Å². The Balaban J connectivity index is 1.54. The topological polar surface area (TPSA) is 83.8 Å². The average molecular weight is 370 g/mol. The second-order valence-electron chi connectivity index (χ2n) is 7.02.